The van der Waals surface area contributed by atoms with Gasteiger partial charge < -0.3 is 10.1 Å². The SMILES string of the molecule is COCc1cccc(NC(=O)c2cc(Br)ccc2C)c1. The maximum Gasteiger partial charge on any atom is 0.255 e. The molecule has 104 valence electrons. The van der Waals surface area contributed by atoms with Gasteiger partial charge in [-0.3, -0.25) is 4.79 Å². The van der Waals surface area contributed by atoms with Crippen molar-refractivity contribution in [1.29, 1.82) is 0 Å². The van der Waals surface area contributed by atoms with Crippen LogP contribution in [0.25, 0.3) is 0 Å². The first-order valence-electron chi connectivity index (χ1n) is 6.25. The highest BCUT2D eigenvalue weighted by Gasteiger charge is 2.10. The van der Waals surface area contributed by atoms with Gasteiger partial charge in [0.2, 0.25) is 0 Å². The van der Waals surface area contributed by atoms with Gasteiger partial charge in [-0.25, -0.2) is 0 Å². The first-order valence-corrected chi connectivity index (χ1v) is 7.05. The van der Waals surface area contributed by atoms with Crippen molar-refractivity contribution in [2.45, 2.75) is 13.5 Å². The van der Waals surface area contributed by atoms with Crippen LogP contribution >= 0.6 is 15.9 Å². The average Bonchev–Trinajstić information content (AvgIpc) is 2.42. The van der Waals surface area contributed by atoms with Crippen molar-refractivity contribution < 1.29 is 9.53 Å². The lowest BCUT2D eigenvalue weighted by molar-refractivity contribution is 0.102. The van der Waals surface area contributed by atoms with Gasteiger partial charge in [-0.2, -0.15) is 0 Å². The molecule has 2 aromatic rings. The summed E-state index contributed by atoms with van der Waals surface area (Å²) < 4.78 is 5.98. The summed E-state index contributed by atoms with van der Waals surface area (Å²) in [7, 11) is 1.65. The van der Waals surface area contributed by atoms with E-state index in [-0.39, 0.29) is 5.91 Å². The Morgan fingerprint density at radius 2 is 2.05 bits per heavy atom. The largest absolute Gasteiger partial charge is 0.380 e. The van der Waals surface area contributed by atoms with Crippen molar-refractivity contribution in [3.05, 3.63) is 63.6 Å². The summed E-state index contributed by atoms with van der Waals surface area (Å²) in [6.07, 6.45) is 0. The van der Waals surface area contributed by atoms with Gasteiger partial charge >= 0.3 is 0 Å². The Morgan fingerprint density at radius 3 is 2.80 bits per heavy atom. The summed E-state index contributed by atoms with van der Waals surface area (Å²) in [5, 5.41) is 2.91. The first kappa shape index (κ1) is 14.8. The number of ether oxygens (including phenoxy) is 1. The Balaban J connectivity index is 2.19. The molecule has 2 aromatic carbocycles. The van der Waals surface area contributed by atoms with Crippen LogP contribution in [0.2, 0.25) is 0 Å². The molecule has 0 aliphatic rings. The van der Waals surface area contributed by atoms with Crippen LogP contribution in [0.4, 0.5) is 5.69 Å². The quantitative estimate of drug-likeness (QED) is 0.912. The molecule has 0 spiro atoms. The van der Waals surface area contributed by atoms with Gasteiger partial charge in [0.25, 0.3) is 5.91 Å². The Bertz CT molecular complexity index is 626. The second-order valence-corrected chi connectivity index (χ2v) is 5.46. The summed E-state index contributed by atoms with van der Waals surface area (Å²) in [5.41, 5.74) is 3.40. The van der Waals surface area contributed by atoms with Crippen molar-refractivity contribution in [3.8, 4) is 0 Å². The number of carbonyl (C=O) groups is 1. The van der Waals surface area contributed by atoms with Gasteiger partial charge in [0.05, 0.1) is 6.61 Å². The van der Waals surface area contributed by atoms with E-state index in [1.54, 1.807) is 7.11 Å². The zero-order valence-corrected chi connectivity index (χ0v) is 13.0. The van der Waals surface area contributed by atoms with E-state index in [0.29, 0.717) is 12.2 Å². The first-order chi connectivity index (χ1) is 9.60. The number of aryl methyl sites for hydroxylation is 1. The Hall–Kier alpha value is -1.65. The molecule has 1 amide bonds. The van der Waals surface area contributed by atoms with Gasteiger partial charge in [-0.15, -0.1) is 0 Å². The predicted octanol–water partition coefficient (Wildman–Crippen LogP) is 4.16. The normalized spacial score (nSPS) is 10.3. The number of benzene rings is 2. The summed E-state index contributed by atoms with van der Waals surface area (Å²) in [4.78, 5) is 12.3. The topological polar surface area (TPSA) is 38.3 Å². The number of hydrogen-bond donors (Lipinski definition) is 1. The summed E-state index contributed by atoms with van der Waals surface area (Å²) in [6.45, 7) is 2.45. The van der Waals surface area contributed by atoms with Crippen molar-refractivity contribution in [2.24, 2.45) is 0 Å². The number of methoxy groups -OCH3 is 1. The Morgan fingerprint density at radius 1 is 1.25 bits per heavy atom. The van der Waals surface area contributed by atoms with E-state index in [1.165, 1.54) is 0 Å². The van der Waals surface area contributed by atoms with Gasteiger partial charge in [0.15, 0.2) is 0 Å². The lowest BCUT2D eigenvalue weighted by atomic mass is 10.1. The third-order valence-corrected chi connectivity index (χ3v) is 3.43. The smallest absolute Gasteiger partial charge is 0.255 e. The lowest BCUT2D eigenvalue weighted by Gasteiger charge is -2.09. The number of hydrogen-bond acceptors (Lipinski definition) is 2. The number of anilines is 1. The van der Waals surface area contributed by atoms with Crippen LogP contribution in [0.3, 0.4) is 0 Å². The van der Waals surface area contributed by atoms with Crippen LogP contribution in [0.15, 0.2) is 46.9 Å². The highest BCUT2D eigenvalue weighted by atomic mass is 79.9. The molecule has 0 heterocycles. The van der Waals surface area contributed by atoms with Crippen molar-refractivity contribution in [3.63, 3.8) is 0 Å². The van der Waals surface area contributed by atoms with Gasteiger partial charge in [-0.05, 0) is 42.3 Å². The summed E-state index contributed by atoms with van der Waals surface area (Å²) in [5.74, 6) is -0.113. The number of amides is 1. The highest BCUT2D eigenvalue weighted by Crippen LogP contribution is 2.18. The van der Waals surface area contributed by atoms with E-state index < -0.39 is 0 Å². The van der Waals surface area contributed by atoms with E-state index >= 15 is 0 Å². The molecule has 3 nitrogen and oxygen atoms in total. The third kappa shape index (κ3) is 3.68. The van der Waals surface area contributed by atoms with Crippen LogP contribution < -0.4 is 5.32 Å². The molecule has 20 heavy (non-hydrogen) atoms. The molecule has 2 rings (SSSR count). The standard InChI is InChI=1S/C16H16BrNO2/c1-11-6-7-13(17)9-15(11)16(19)18-14-5-3-4-12(8-14)10-20-2/h3-9H,10H2,1-2H3,(H,18,19). The van der Waals surface area contributed by atoms with Crippen molar-refractivity contribution in [1.82, 2.24) is 0 Å². The Labute approximate surface area is 127 Å². The van der Waals surface area contributed by atoms with Crippen LogP contribution in [-0.2, 0) is 11.3 Å². The molecule has 0 saturated heterocycles. The minimum Gasteiger partial charge on any atom is -0.380 e. The maximum atomic E-state index is 12.3. The maximum absolute atomic E-state index is 12.3. The van der Waals surface area contributed by atoms with E-state index in [0.717, 1.165) is 21.3 Å². The molecular weight excluding hydrogens is 318 g/mol. The molecule has 0 fully saturated rings. The van der Waals surface area contributed by atoms with Crippen LogP contribution in [0.5, 0.6) is 0 Å². The molecule has 0 radical (unpaired) electrons. The minimum absolute atomic E-state index is 0.113. The molecule has 0 unspecified atom stereocenters. The molecule has 1 N–H and O–H groups in total. The predicted molar refractivity (Wildman–Crippen MR) is 84.0 cm³/mol. The number of carbonyl (C=O) groups excluding carboxylic acids is 1. The summed E-state index contributed by atoms with van der Waals surface area (Å²) >= 11 is 3.39. The van der Waals surface area contributed by atoms with Gasteiger partial charge in [-0.1, -0.05) is 34.1 Å². The average molecular weight is 334 g/mol. The monoisotopic (exact) mass is 333 g/mol. The molecule has 0 atom stereocenters. The molecule has 0 saturated carbocycles. The van der Waals surface area contributed by atoms with E-state index in [9.17, 15) is 4.79 Å². The zero-order chi connectivity index (χ0) is 14.5. The minimum atomic E-state index is -0.113. The number of nitrogens with one attached hydrogen (secondary N) is 1. The second kappa shape index (κ2) is 6.68. The van der Waals surface area contributed by atoms with Crippen LogP contribution in [0.1, 0.15) is 21.5 Å². The molecule has 0 aliphatic heterocycles. The summed E-state index contributed by atoms with van der Waals surface area (Å²) in [6, 6.07) is 13.3. The molecule has 0 aromatic heterocycles. The molecule has 0 bridgehead atoms. The molecule has 0 aliphatic carbocycles. The molecule has 4 heteroatoms. The van der Waals surface area contributed by atoms with E-state index in [4.69, 9.17) is 4.74 Å². The highest BCUT2D eigenvalue weighted by molar-refractivity contribution is 9.10. The molecular formula is C16H16BrNO2. The van der Waals surface area contributed by atoms with Crippen LogP contribution in [-0.4, -0.2) is 13.0 Å². The lowest BCUT2D eigenvalue weighted by Crippen LogP contribution is -2.13. The number of rotatable bonds is 4. The van der Waals surface area contributed by atoms with Crippen molar-refractivity contribution >= 4 is 27.5 Å². The fraction of sp³-hybridized carbons (Fsp3) is 0.188. The van der Waals surface area contributed by atoms with Crippen LogP contribution in [0, 0.1) is 6.92 Å². The van der Waals surface area contributed by atoms with E-state index in [1.807, 2.05) is 49.4 Å². The number of halogens is 1. The second-order valence-electron chi connectivity index (χ2n) is 4.55. The van der Waals surface area contributed by atoms with Gasteiger partial charge in [0.1, 0.15) is 0 Å². The fourth-order valence-electron chi connectivity index (χ4n) is 1.94. The Kier molecular flexibility index (Phi) is 4.93. The third-order valence-electron chi connectivity index (χ3n) is 2.94. The van der Waals surface area contributed by atoms with E-state index in [2.05, 4.69) is 21.2 Å². The fourth-order valence-corrected chi connectivity index (χ4v) is 2.30. The zero-order valence-electron chi connectivity index (χ0n) is 11.4. The van der Waals surface area contributed by atoms with Gasteiger partial charge in [0, 0.05) is 22.8 Å². The van der Waals surface area contributed by atoms with Crippen molar-refractivity contribution in [2.75, 3.05) is 12.4 Å².